The molecule has 0 saturated heterocycles. The van der Waals surface area contributed by atoms with E-state index in [1.807, 2.05) is 0 Å². The number of aromatic nitrogens is 2. The van der Waals surface area contributed by atoms with Crippen molar-refractivity contribution in [3.63, 3.8) is 0 Å². The molecule has 2 aromatic carbocycles. The van der Waals surface area contributed by atoms with Crippen molar-refractivity contribution in [2.75, 3.05) is 13.6 Å². The van der Waals surface area contributed by atoms with Crippen molar-refractivity contribution in [2.45, 2.75) is 12.5 Å². The number of hydrogen-bond acceptors (Lipinski definition) is 1. The van der Waals surface area contributed by atoms with Crippen molar-refractivity contribution in [3.05, 3.63) is 71.5 Å². The van der Waals surface area contributed by atoms with Crippen molar-refractivity contribution in [1.29, 1.82) is 0 Å². The van der Waals surface area contributed by atoms with Gasteiger partial charge in [-0.05, 0) is 31.2 Å². The van der Waals surface area contributed by atoms with E-state index in [-0.39, 0.29) is 6.04 Å². The first-order chi connectivity index (χ1) is 11.3. The number of likely N-dealkylation sites (N-methyl/N-ethyl adjacent to an activating group) is 1. The molecule has 114 valence electrons. The number of nitrogens with zero attached hydrogens (tertiary/aromatic N) is 1. The van der Waals surface area contributed by atoms with E-state index in [4.69, 9.17) is 0 Å². The van der Waals surface area contributed by atoms with Gasteiger partial charge in [-0.25, -0.2) is 0 Å². The highest BCUT2D eigenvalue weighted by atomic mass is 15.2. The maximum absolute atomic E-state index is 3.69. The van der Waals surface area contributed by atoms with Crippen LogP contribution in [0.5, 0.6) is 0 Å². The van der Waals surface area contributed by atoms with Gasteiger partial charge in [0.25, 0.3) is 0 Å². The summed E-state index contributed by atoms with van der Waals surface area (Å²) in [6.45, 7) is 1.08. The molecule has 3 heterocycles. The molecule has 4 aromatic rings. The van der Waals surface area contributed by atoms with Gasteiger partial charge in [0.15, 0.2) is 0 Å². The summed E-state index contributed by atoms with van der Waals surface area (Å²) >= 11 is 0. The first kappa shape index (κ1) is 13.0. The maximum Gasteiger partial charge on any atom is 0.0775 e. The number of benzene rings is 2. The van der Waals surface area contributed by atoms with Gasteiger partial charge in [0.1, 0.15) is 0 Å². The fourth-order valence-electron chi connectivity index (χ4n) is 4.07. The number of hydrogen-bond donors (Lipinski definition) is 2. The predicted octanol–water partition coefficient (Wildman–Crippen LogP) is 4.23. The lowest BCUT2D eigenvalue weighted by Crippen LogP contribution is -2.32. The van der Waals surface area contributed by atoms with Crippen LogP contribution in [0.25, 0.3) is 21.8 Å². The summed E-state index contributed by atoms with van der Waals surface area (Å²) in [5, 5.41) is 2.69. The third-order valence-electron chi connectivity index (χ3n) is 5.19. The van der Waals surface area contributed by atoms with Gasteiger partial charge in [-0.15, -0.1) is 0 Å². The zero-order chi connectivity index (χ0) is 15.4. The minimum absolute atomic E-state index is 0.280. The molecule has 0 saturated carbocycles. The first-order valence-corrected chi connectivity index (χ1v) is 8.18. The van der Waals surface area contributed by atoms with E-state index in [9.17, 15) is 0 Å². The van der Waals surface area contributed by atoms with E-state index in [0.29, 0.717) is 0 Å². The van der Waals surface area contributed by atoms with Crippen molar-refractivity contribution >= 4 is 21.8 Å². The van der Waals surface area contributed by atoms with E-state index in [0.717, 1.165) is 13.0 Å². The molecule has 0 unspecified atom stereocenters. The predicted molar refractivity (Wildman–Crippen MR) is 94.8 cm³/mol. The minimum Gasteiger partial charge on any atom is -0.361 e. The van der Waals surface area contributed by atoms with Crippen LogP contribution in [-0.2, 0) is 6.42 Å². The molecule has 23 heavy (non-hydrogen) atoms. The fraction of sp³-hybridized carbons (Fsp3) is 0.200. The summed E-state index contributed by atoms with van der Waals surface area (Å²) < 4.78 is 0. The third kappa shape index (κ3) is 1.80. The molecule has 3 nitrogen and oxygen atoms in total. The Morgan fingerprint density at radius 1 is 0.957 bits per heavy atom. The molecule has 0 fully saturated rings. The summed E-state index contributed by atoms with van der Waals surface area (Å²) in [5.41, 5.74) is 6.64. The molecule has 5 rings (SSSR count). The molecule has 0 aliphatic carbocycles. The number of rotatable bonds is 1. The van der Waals surface area contributed by atoms with Gasteiger partial charge in [-0.2, -0.15) is 0 Å². The van der Waals surface area contributed by atoms with Gasteiger partial charge in [0, 0.05) is 45.8 Å². The summed E-state index contributed by atoms with van der Waals surface area (Å²) in [7, 11) is 2.22. The first-order valence-electron chi connectivity index (χ1n) is 8.18. The van der Waals surface area contributed by atoms with Crippen molar-refractivity contribution in [1.82, 2.24) is 14.9 Å². The second-order valence-electron chi connectivity index (χ2n) is 6.49. The minimum atomic E-state index is 0.280. The smallest absolute Gasteiger partial charge is 0.0775 e. The van der Waals surface area contributed by atoms with E-state index in [2.05, 4.69) is 76.6 Å². The van der Waals surface area contributed by atoms with Crippen LogP contribution < -0.4 is 0 Å². The van der Waals surface area contributed by atoms with Gasteiger partial charge in [0.05, 0.1) is 6.04 Å². The Hall–Kier alpha value is -2.52. The molecule has 0 amide bonds. The average molecular weight is 301 g/mol. The highest BCUT2D eigenvalue weighted by Crippen LogP contribution is 2.39. The Labute approximate surface area is 134 Å². The number of nitrogens with one attached hydrogen (secondary N) is 2. The number of aromatic amines is 2. The van der Waals surface area contributed by atoms with Gasteiger partial charge in [0.2, 0.25) is 0 Å². The van der Waals surface area contributed by atoms with E-state index < -0.39 is 0 Å². The fourth-order valence-corrected chi connectivity index (χ4v) is 4.07. The number of H-pyrrole nitrogens is 2. The van der Waals surface area contributed by atoms with Crippen LogP contribution in [0.3, 0.4) is 0 Å². The Morgan fingerprint density at radius 3 is 2.57 bits per heavy atom. The number of para-hydroxylation sites is 2. The molecule has 0 spiro atoms. The quantitative estimate of drug-likeness (QED) is 0.542. The van der Waals surface area contributed by atoms with Gasteiger partial charge < -0.3 is 9.97 Å². The van der Waals surface area contributed by atoms with Crippen LogP contribution >= 0.6 is 0 Å². The Bertz CT molecular complexity index is 1010. The summed E-state index contributed by atoms with van der Waals surface area (Å²) in [5.74, 6) is 0. The third-order valence-corrected chi connectivity index (χ3v) is 5.19. The topological polar surface area (TPSA) is 34.8 Å². The Morgan fingerprint density at radius 2 is 1.70 bits per heavy atom. The molecule has 2 N–H and O–H groups in total. The standard InChI is InChI=1S/C20H19N3/c1-23-11-10-15-13-6-3-5-9-18(13)22-19(15)20(23)16-12-21-17-8-4-2-7-14(16)17/h2-9,12,20-22H,10-11H2,1H3/t20-/m0/s1. The average Bonchev–Trinajstić information content (AvgIpc) is 3.16. The molecule has 3 heteroatoms. The van der Waals surface area contributed by atoms with Crippen LogP contribution in [0.1, 0.15) is 22.9 Å². The SMILES string of the molecule is CN1CCc2c([nH]c3ccccc23)[C@@H]1c1c[nH]c2ccccc12. The molecule has 2 aromatic heterocycles. The van der Waals surface area contributed by atoms with Crippen LogP contribution in [0, 0.1) is 0 Å². The largest absolute Gasteiger partial charge is 0.361 e. The lowest BCUT2D eigenvalue weighted by atomic mass is 9.92. The molecular formula is C20H19N3. The van der Waals surface area contributed by atoms with Crippen LogP contribution in [-0.4, -0.2) is 28.5 Å². The van der Waals surface area contributed by atoms with Gasteiger partial charge in [-0.1, -0.05) is 36.4 Å². The van der Waals surface area contributed by atoms with E-state index in [1.54, 1.807) is 0 Å². The van der Waals surface area contributed by atoms with Crippen LogP contribution in [0.2, 0.25) is 0 Å². The lowest BCUT2D eigenvalue weighted by Gasteiger charge is -2.32. The van der Waals surface area contributed by atoms with Crippen molar-refractivity contribution in [2.24, 2.45) is 0 Å². The van der Waals surface area contributed by atoms with Gasteiger partial charge >= 0.3 is 0 Å². The number of fused-ring (bicyclic) bond motifs is 4. The van der Waals surface area contributed by atoms with Crippen molar-refractivity contribution < 1.29 is 0 Å². The maximum atomic E-state index is 3.69. The van der Waals surface area contributed by atoms with Crippen LogP contribution in [0.15, 0.2) is 54.7 Å². The molecule has 1 aliphatic heterocycles. The normalized spacial score (nSPS) is 18.6. The zero-order valence-electron chi connectivity index (χ0n) is 13.1. The summed E-state index contributed by atoms with van der Waals surface area (Å²) in [6.07, 6.45) is 3.28. The van der Waals surface area contributed by atoms with E-state index >= 15 is 0 Å². The molecule has 0 radical (unpaired) electrons. The Balaban J connectivity index is 1.77. The molecular weight excluding hydrogens is 282 g/mol. The summed E-state index contributed by atoms with van der Waals surface area (Å²) in [6, 6.07) is 17.5. The monoisotopic (exact) mass is 301 g/mol. The summed E-state index contributed by atoms with van der Waals surface area (Å²) in [4.78, 5) is 9.58. The highest BCUT2D eigenvalue weighted by Gasteiger charge is 2.30. The molecule has 1 aliphatic rings. The molecule has 1 atom stereocenters. The van der Waals surface area contributed by atoms with Crippen LogP contribution in [0.4, 0.5) is 0 Å². The molecule has 0 bridgehead atoms. The van der Waals surface area contributed by atoms with Gasteiger partial charge in [-0.3, -0.25) is 4.90 Å². The highest BCUT2D eigenvalue weighted by molar-refractivity contribution is 5.87. The second kappa shape index (κ2) is 4.74. The second-order valence-corrected chi connectivity index (χ2v) is 6.49. The van der Waals surface area contributed by atoms with E-state index in [1.165, 1.54) is 38.6 Å². The van der Waals surface area contributed by atoms with Crippen molar-refractivity contribution in [3.8, 4) is 0 Å². The lowest BCUT2D eigenvalue weighted by molar-refractivity contribution is 0.263. The Kier molecular flexibility index (Phi) is 2.67. The zero-order valence-corrected chi connectivity index (χ0v) is 13.1.